The van der Waals surface area contributed by atoms with Gasteiger partial charge in [0, 0.05) is 0 Å². The van der Waals surface area contributed by atoms with Crippen LogP contribution in [0.5, 0.6) is 0 Å². The lowest BCUT2D eigenvalue weighted by molar-refractivity contribution is -0.147. The van der Waals surface area contributed by atoms with Crippen molar-refractivity contribution in [3.63, 3.8) is 0 Å². The molecule has 0 heterocycles. The number of esters is 1. The van der Waals surface area contributed by atoms with Crippen LogP contribution in [-0.2, 0) is 14.3 Å². The minimum atomic E-state index is -0.943. The molecule has 2 atom stereocenters. The van der Waals surface area contributed by atoms with Crippen LogP contribution in [0, 0.1) is 11.8 Å². The zero-order chi connectivity index (χ0) is 16.1. The van der Waals surface area contributed by atoms with Crippen LogP contribution in [0.25, 0.3) is 0 Å². The van der Waals surface area contributed by atoms with Crippen LogP contribution in [0.4, 0.5) is 5.69 Å². The Morgan fingerprint density at radius 2 is 1.77 bits per heavy atom. The van der Waals surface area contributed by atoms with Gasteiger partial charge in [0.15, 0.2) is 0 Å². The molecular weight excluding hydrogens is 286 g/mol. The molecule has 1 fully saturated rings. The Bertz CT molecular complexity index is 584. The third kappa shape index (κ3) is 3.44. The van der Waals surface area contributed by atoms with Crippen LogP contribution >= 0.6 is 0 Å². The van der Waals surface area contributed by atoms with Gasteiger partial charge < -0.3 is 15.2 Å². The molecule has 2 rings (SSSR count). The lowest BCUT2D eigenvalue weighted by Crippen LogP contribution is -2.36. The van der Waals surface area contributed by atoms with Gasteiger partial charge in [-0.1, -0.05) is 25.0 Å². The number of amides is 1. The van der Waals surface area contributed by atoms with E-state index in [-0.39, 0.29) is 11.5 Å². The highest BCUT2D eigenvalue weighted by atomic mass is 16.5. The van der Waals surface area contributed by atoms with Gasteiger partial charge in [0.1, 0.15) is 0 Å². The van der Waals surface area contributed by atoms with E-state index in [0.29, 0.717) is 18.5 Å². The zero-order valence-electron chi connectivity index (χ0n) is 12.4. The maximum absolute atomic E-state index is 12.4. The molecule has 22 heavy (non-hydrogen) atoms. The molecule has 0 bridgehead atoms. The maximum atomic E-state index is 12.4. The fraction of sp³-hybridized carbons (Fsp3) is 0.438. The van der Waals surface area contributed by atoms with Crippen molar-refractivity contribution in [3.05, 3.63) is 29.8 Å². The molecule has 1 amide bonds. The van der Waals surface area contributed by atoms with Crippen LogP contribution < -0.4 is 5.32 Å². The van der Waals surface area contributed by atoms with Crippen molar-refractivity contribution in [1.82, 2.24) is 0 Å². The lowest BCUT2D eigenvalue weighted by Gasteiger charge is -2.27. The predicted octanol–water partition coefficient (Wildman–Crippen LogP) is 2.30. The van der Waals surface area contributed by atoms with Crippen molar-refractivity contribution in [3.8, 4) is 0 Å². The Hall–Kier alpha value is -2.37. The number of ether oxygens (including phenoxy) is 1. The number of nitrogens with one attached hydrogen (secondary N) is 1. The molecule has 118 valence electrons. The van der Waals surface area contributed by atoms with E-state index in [4.69, 9.17) is 0 Å². The van der Waals surface area contributed by atoms with E-state index in [1.165, 1.54) is 7.11 Å². The van der Waals surface area contributed by atoms with Gasteiger partial charge in [-0.15, -0.1) is 0 Å². The van der Waals surface area contributed by atoms with Crippen molar-refractivity contribution >= 4 is 23.5 Å². The second kappa shape index (κ2) is 7.06. The van der Waals surface area contributed by atoms with Gasteiger partial charge in [-0.2, -0.15) is 0 Å². The normalized spacial score (nSPS) is 21.0. The highest BCUT2D eigenvalue weighted by molar-refractivity contribution is 6.02. The number of carboxylic acid groups (broad SMARTS) is 1. The van der Waals surface area contributed by atoms with Gasteiger partial charge in [-0.3, -0.25) is 9.59 Å². The molecule has 1 aliphatic carbocycles. The van der Waals surface area contributed by atoms with Gasteiger partial charge in [0.2, 0.25) is 5.91 Å². The number of methoxy groups -OCH3 is 1. The van der Waals surface area contributed by atoms with Crippen molar-refractivity contribution in [2.75, 3.05) is 12.4 Å². The lowest BCUT2D eigenvalue weighted by atomic mass is 9.78. The van der Waals surface area contributed by atoms with Crippen LogP contribution in [0.2, 0.25) is 0 Å². The summed E-state index contributed by atoms with van der Waals surface area (Å²) in [6.07, 6.45) is 2.70. The Kier molecular flexibility index (Phi) is 5.14. The first-order valence-electron chi connectivity index (χ1n) is 7.25. The molecule has 2 N–H and O–H groups in total. The minimum absolute atomic E-state index is 0.251. The standard InChI is InChI=1S/C16H19NO5/c1-22-16(21)12-8-4-5-9-13(12)17-14(18)10-6-2-3-7-11(10)15(19)20/h4-5,8-11H,2-3,6-7H2,1H3,(H,17,18)(H,19,20)/t10-,11-/m1/s1. The smallest absolute Gasteiger partial charge is 0.339 e. The Balaban J connectivity index is 2.18. The summed E-state index contributed by atoms with van der Waals surface area (Å²) in [5.41, 5.74) is 0.593. The van der Waals surface area contributed by atoms with Crippen LogP contribution in [0.15, 0.2) is 24.3 Å². The number of aliphatic carboxylic acids is 1. The number of anilines is 1. The van der Waals surface area contributed by atoms with E-state index < -0.39 is 23.8 Å². The van der Waals surface area contributed by atoms with E-state index in [1.54, 1.807) is 24.3 Å². The molecule has 1 saturated carbocycles. The summed E-state index contributed by atoms with van der Waals surface area (Å²) < 4.78 is 4.68. The quantitative estimate of drug-likeness (QED) is 0.833. The molecule has 1 aliphatic rings. The number of hydrogen-bond acceptors (Lipinski definition) is 4. The van der Waals surface area contributed by atoms with Crippen molar-refractivity contribution in [2.24, 2.45) is 11.8 Å². The number of hydrogen-bond donors (Lipinski definition) is 2. The fourth-order valence-electron chi connectivity index (χ4n) is 2.85. The second-order valence-electron chi connectivity index (χ2n) is 5.36. The maximum Gasteiger partial charge on any atom is 0.339 e. The van der Waals surface area contributed by atoms with Gasteiger partial charge >= 0.3 is 11.9 Å². The monoisotopic (exact) mass is 305 g/mol. The number of benzene rings is 1. The third-order valence-electron chi connectivity index (χ3n) is 4.01. The number of para-hydroxylation sites is 1. The number of carboxylic acids is 1. The number of carbonyl (C=O) groups excluding carboxylic acids is 2. The van der Waals surface area contributed by atoms with E-state index in [9.17, 15) is 19.5 Å². The minimum Gasteiger partial charge on any atom is -0.481 e. The topological polar surface area (TPSA) is 92.7 Å². The summed E-state index contributed by atoms with van der Waals surface area (Å²) in [7, 11) is 1.27. The summed E-state index contributed by atoms with van der Waals surface area (Å²) in [5.74, 6) is -3.09. The average Bonchev–Trinajstić information content (AvgIpc) is 2.54. The van der Waals surface area contributed by atoms with Crippen molar-refractivity contribution in [2.45, 2.75) is 25.7 Å². The Labute approximate surface area is 128 Å². The molecule has 1 aromatic rings. The fourth-order valence-corrected chi connectivity index (χ4v) is 2.85. The Morgan fingerprint density at radius 1 is 1.14 bits per heavy atom. The summed E-state index contributed by atoms with van der Waals surface area (Å²) in [4.78, 5) is 35.4. The summed E-state index contributed by atoms with van der Waals surface area (Å²) in [5, 5.41) is 11.9. The zero-order valence-corrected chi connectivity index (χ0v) is 12.4. The van der Waals surface area contributed by atoms with E-state index in [0.717, 1.165) is 12.8 Å². The number of rotatable bonds is 4. The van der Waals surface area contributed by atoms with Gasteiger partial charge in [0.25, 0.3) is 0 Å². The highest BCUT2D eigenvalue weighted by Gasteiger charge is 2.36. The summed E-state index contributed by atoms with van der Waals surface area (Å²) >= 11 is 0. The second-order valence-corrected chi connectivity index (χ2v) is 5.36. The Morgan fingerprint density at radius 3 is 2.41 bits per heavy atom. The molecular formula is C16H19NO5. The molecule has 6 heteroatoms. The molecule has 6 nitrogen and oxygen atoms in total. The first kappa shape index (κ1) is 16.0. The highest BCUT2D eigenvalue weighted by Crippen LogP contribution is 2.31. The van der Waals surface area contributed by atoms with E-state index in [2.05, 4.69) is 10.1 Å². The molecule has 1 aromatic carbocycles. The van der Waals surface area contributed by atoms with Crippen LogP contribution in [0.3, 0.4) is 0 Å². The first-order chi connectivity index (χ1) is 10.5. The third-order valence-corrected chi connectivity index (χ3v) is 4.01. The van der Waals surface area contributed by atoms with Gasteiger partial charge in [-0.25, -0.2) is 4.79 Å². The van der Waals surface area contributed by atoms with Gasteiger partial charge in [-0.05, 0) is 25.0 Å². The first-order valence-corrected chi connectivity index (χ1v) is 7.25. The summed E-state index contributed by atoms with van der Waals surface area (Å²) in [6, 6.07) is 6.51. The largest absolute Gasteiger partial charge is 0.481 e. The molecule has 0 aromatic heterocycles. The molecule has 0 saturated heterocycles. The molecule has 0 unspecified atom stereocenters. The molecule has 0 aliphatic heterocycles. The van der Waals surface area contributed by atoms with Crippen molar-refractivity contribution in [1.29, 1.82) is 0 Å². The van der Waals surface area contributed by atoms with Crippen LogP contribution in [0.1, 0.15) is 36.0 Å². The van der Waals surface area contributed by atoms with Gasteiger partial charge in [0.05, 0.1) is 30.2 Å². The summed E-state index contributed by atoms with van der Waals surface area (Å²) in [6.45, 7) is 0. The molecule has 0 radical (unpaired) electrons. The van der Waals surface area contributed by atoms with Crippen molar-refractivity contribution < 1.29 is 24.2 Å². The number of carbonyl (C=O) groups is 3. The predicted molar refractivity (Wildman–Crippen MR) is 79.5 cm³/mol. The van der Waals surface area contributed by atoms with Crippen LogP contribution in [-0.4, -0.2) is 30.1 Å². The SMILES string of the molecule is COC(=O)c1ccccc1NC(=O)[C@@H]1CCCC[C@H]1C(=O)O. The molecule has 0 spiro atoms. The van der Waals surface area contributed by atoms with E-state index >= 15 is 0 Å². The van der Waals surface area contributed by atoms with E-state index in [1.807, 2.05) is 0 Å². The average molecular weight is 305 g/mol.